The molecule has 8 heteroatoms. The van der Waals surface area contributed by atoms with Gasteiger partial charge in [-0.2, -0.15) is 0 Å². The highest BCUT2D eigenvalue weighted by molar-refractivity contribution is 7.80. The van der Waals surface area contributed by atoms with E-state index in [0.717, 1.165) is 0 Å². The fourth-order valence-corrected chi connectivity index (χ4v) is 2.64. The molecule has 20 heavy (non-hydrogen) atoms. The molecule has 0 aromatic heterocycles. The summed E-state index contributed by atoms with van der Waals surface area (Å²) in [6.45, 7) is -0.247. The van der Waals surface area contributed by atoms with Gasteiger partial charge in [0.1, 0.15) is 5.78 Å². The summed E-state index contributed by atoms with van der Waals surface area (Å²) in [5, 5.41) is 10.6. The van der Waals surface area contributed by atoms with E-state index in [9.17, 15) is 27.7 Å². The number of Topliss-reactive ketones (excluding diaryl/α,β-unsaturated/α-hetero) is 1. The lowest BCUT2D eigenvalue weighted by atomic mass is 9.89. The second kappa shape index (κ2) is 7.51. The van der Waals surface area contributed by atoms with Crippen molar-refractivity contribution in [1.82, 2.24) is 0 Å². The summed E-state index contributed by atoms with van der Waals surface area (Å²) in [5.74, 6) is -1.64. The van der Waals surface area contributed by atoms with Crippen LogP contribution in [0, 0.1) is 11.8 Å². The Morgan fingerprint density at radius 3 is 2.70 bits per heavy atom. The van der Waals surface area contributed by atoms with Gasteiger partial charge in [-0.3, -0.25) is 8.98 Å². The molecule has 0 aromatic carbocycles. The Labute approximate surface area is 117 Å². The molecular weight excluding hydrogens is 288 g/mol. The van der Waals surface area contributed by atoms with E-state index in [1.165, 1.54) is 0 Å². The molecule has 0 aromatic rings. The highest BCUT2D eigenvalue weighted by atomic mass is 32.3. The first kappa shape index (κ1) is 16.8. The Balaban J connectivity index is 2.35. The first-order valence-electron chi connectivity index (χ1n) is 6.27. The first-order valence-corrected chi connectivity index (χ1v) is 7.60. The van der Waals surface area contributed by atoms with Crippen molar-refractivity contribution >= 4 is 22.2 Å². The lowest BCUT2D eigenvalue weighted by Crippen LogP contribution is -2.27. The molecule has 1 saturated carbocycles. The van der Waals surface area contributed by atoms with Crippen LogP contribution in [-0.4, -0.2) is 31.3 Å². The molecule has 0 amide bonds. The molecule has 2 atom stereocenters. The summed E-state index contributed by atoms with van der Waals surface area (Å²) in [4.78, 5) is 22.2. The zero-order valence-electron chi connectivity index (χ0n) is 10.8. The van der Waals surface area contributed by atoms with Gasteiger partial charge in [-0.15, -0.1) is 0 Å². The minimum Gasteiger partial charge on any atom is -0.726 e. The summed E-state index contributed by atoms with van der Waals surface area (Å²) in [6.07, 6.45) is 4.73. The van der Waals surface area contributed by atoms with E-state index in [1.807, 2.05) is 0 Å². The van der Waals surface area contributed by atoms with Crippen LogP contribution in [0.5, 0.6) is 0 Å². The predicted molar refractivity (Wildman–Crippen MR) is 64.9 cm³/mol. The van der Waals surface area contributed by atoms with E-state index in [0.29, 0.717) is 19.3 Å². The third-order valence-corrected chi connectivity index (χ3v) is 3.70. The quantitative estimate of drug-likeness (QED) is 0.257. The number of hydrogen-bond donors (Lipinski definition) is 0. The van der Waals surface area contributed by atoms with E-state index >= 15 is 0 Å². The summed E-state index contributed by atoms with van der Waals surface area (Å²) in [6, 6.07) is 0. The lowest BCUT2D eigenvalue weighted by Gasteiger charge is -2.17. The van der Waals surface area contributed by atoms with Gasteiger partial charge in [0.05, 0.1) is 6.61 Å². The van der Waals surface area contributed by atoms with E-state index in [2.05, 4.69) is 4.18 Å². The molecule has 0 bridgehead atoms. The van der Waals surface area contributed by atoms with Gasteiger partial charge in [-0.05, 0) is 31.6 Å². The maximum Gasteiger partial charge on any atom is 0.217 e. The van der Waals surface area contributed by atoms with Gasteiger partial charge in [0.2, 0.25) is 10.4 Å². The van der Waals surface area contributed by atoms with Gasteiger partial charge in [0.15, 0.2) is 0 Å². The monoisotopic (exact) mass is 304 g/mol. The number of aliphatic carboxylic acids is 1. The molecule has 0 saturated heterocycles. The van der Waals surface area contributed by atoms with Gasteiger partial charge < -0.3 is 14.5 Å². The Hall–Kier alpha value is -1.25. The molecule has 1 fully saturated rings. The summed E-state index contributed by atoms with van der Waals surface area (Å²) in [5.41, 5.74) is 0. The highest BCUT2D eigenvalue weighted by Gasteiger charge is 2.33. The van der Waals surface area contributed by atoms with Gasteiger partial charge in [0, 0.05) is 18.3 Å². The maximum absolute atomic E-state index is 11.6. The summed E-state index contributed by atoms with van der Waals surface area (Å²) < 4.78 is 34.5. The third-order valence-electron chi connectivity index (χ3n) is 3.24. The van der Waals surface area contributed by atoms with E-state index < -0.39 is 16.4 Å². The smallest absolute Gasteiger partial charge is 0.217 e. The van der Waals surface area contributed by atoms with Crippen LogP contribution in [-0.2, 0) is 24.2 Å². The predicted octanol–water partition coefficient (Wildman–Crippen LogP) is -0.465. The van der Waals surface area contributed by atoms with Crippen LogP contribution < -0.4 is 5.11 Å². The van der Waals surface area contributed by atoms with Crippen molar-refractivity contribution in [3.63, 3.8) is 0 Å². The number of ketones is 1. The van der Waals surface area contributed by atoms with Gasteiger partial charge >= 0.3 is 0 Å². The average molecular weight is 304 g/mol. The summed E-state index contributed by atoms with van der Waals surface area (Å²) >= 11 is 0. The van der Waals surface area contributed by atoms with E-state index in [4.69, 9.17) is 0 Å². The van der Waals surface area contributed by atoms with Crippen molar-refractivity contribution in [2.75, 3.05) is 6.61 Å². The Bertz CT molecular complexity index is 480. The van der Waals surface area contributed by atoms with Crippen molar-refractivity contribution in [1.29, 1.82) is 0 Å². The number of allylic oxidation sites excluding steroid dienone is 1. The number of carbonyl (C=O) groups is 2. The molecule has 2 unspecified atom stereocenters. The van der Waals surface area contributed by atoms with Crippen LogP contribution in [0.15, 0.2) is 12.2 Å². The zero-order chi connectivity index (χ0) is 15.2. The second-order valence-corrected chi connectivity index (χ2v) is 5.73. The number of hydrogen-bond acceptors (Lipinski definition) is 7. The fourth-order valence-electron chi connectivity index (χ4n) is 2.34. The zero-order valence-corrected chi connectivity index (χ0v) is 11.6. The number of carboxylic acids is 1. The molecule has 0 N–H and O–H groups in total. The van der Waals surface area contributed by atoms with Crippen LogP contribution in [0.4, 0.5) is 0 Å². The average Bonchev–Trinajstić information content (AvgIpc) is 2.63. The highest BCUT2D eigenvalue weighted by Crippen LogP contribution is 2.33. The van der Waals surface area contributed by atoms with E-state index in [-0.39, 0.29) is 37.1 Å². The molecule has 7 nitrogen and oxygen atoms in total. The van der Waals surface area contributed by atoms with Gasteiger partial charge in [0.25, 0.3) is 0 Å². The largest absolute Gasteiger partial charge is 0.726 e. The van der Waals surface area contributed by atoms with Crippen LogP contribution in [0.25, 0.3) is 0 Å². The SMILES string of the molecule is O=C([O-])CC1CCC(=O)C1C/C=C\CCOS(=O)(=O)[O-]. The van der Waals surface area contributed by atoms with Crippen molar-refractivity contribution in [3.8, 4) is 0 Å². The Kier molecular flexibility index (Phi) is 6.31. The standard InChI is InChI=1S/C12H18O7S/c13-11-6-5-9(8-12(14)15)10(11)4-2-1-3-7-19-20(16,17)18/h1-2,9-10H,3-8H2,(H,14,15)(H,16,17,18)/p-2/b2-1-. The maximum atomic E-state index is 11.6. The van der Waals surface area contributed by atoms with Gasteiger partial charge in [-0.1, -0.05) is 12.2 Å². The molecule has 0 heterocycles. The van der Waals surface area contributed by atoms with Crippen molar-refractivity contribution in [3.05, 3.63) is 12.2 Å². The molecule has 0 spiro atoms. The lowest BCUT2D eigenvalue weighted by molar-refractivity contribution is -0.307. The molecule has 114 valence electrons. The number of carboxylic acid groups (broad SMARTS) is 1. The van der Waals surface area contributed by atoms with Crippen molar-refractivity contribution in [2.24, 2.45) is 11.8 Å². The van der Waals surface area contributed by atoms with Crippen LogP contribution in [0.2, 0.25) is 0 Å². The van der Waals surface area contributed by atoms with Crippen LogP contribution in [0.1, 0.15) is 32.1 Å². The Morgan fingerprint density at radius 2 is 2.10 bits per heavy atom. The van der Waals surface area contributed by atoms with Gasteiger partial charge in [-0.25, -0.2) is 8.42 Å². The minimum absolute atomic E-state index is 0.0410. The number of rotatable bonds is 8. The second-order valence-electron chi connectivity index (χ2n) is 4.67. The molecule has 1 aliphatic rings. The summed E-state index contributed by atoms with van der Waals surface area (Å²) in [7, 11) is -4.67. The fraction of sp³-hybridized carbons (Fsp3) is 0.667. The van der Waals surface area contributed by atoms with Crippen LogP contribution >= 0.6 is 0 Å². The topological polar surface area (TPSA) is 124 Å². The first-order chi connectivity index (χ1) is 9.29. The molecular formula is C12H16O7S-2. The molecule has 0 radical (unpaired) electrons. The Morgan fingerprint density at radius 1 is 1.40 bits per heavy atom. The molecule has 1 aliphatic carbocycles. The number of carbonyl (C=O) groups excluding carboxylic acids is 2. The normalized spacial score (nSPS) is 23.6. The van der Waals surface area contributed by atoms with E-state index in [1.54, 1.807) is 12.2 Å². The van der Waals surface area contributed by atoms with Crippen LogP contribution in [0.3, 0.4) is 0 Å². The molecule has 0 aliphatic heterocycles. The van der Waals surface area contributed by atoms with Crippen molar-refractivity contribution < 1.29 is 31.8 Å². The minimum atomic E-state index is -4.67. The molecule has 1 rings (SSSR count). The third kappa shape index (κ3) is 6.27. The van der Waals surface area contributed by atoms with Crippen molar-refractivity contribution in [2.45, 2.75) is 32.1 Å².